The van der Waals surface area contributed by atoms with E-state index in [2.05, 4.69) is 16.6 Å². The Morgan fingerprint density at radius 3 is 2.81 bits per heavy atom. The van der Waals surface area contributed by atoms with Gasteiger partial charge in [0.15, 0.2) is 0 Å². The van der Waals surface area contributed by atoms with E-state index in [0.29, 0.717) is 17.0 Å². The second-order valence-electron chi connectivity index (χ2n) is 3.01. The molecule has 16 heavy (non-hydrogen) atoms. The minimum atomic E-state index is -0.359. The van der Waals surface area contributed by atoms with Gasteiger partial charge in [0.05, 0.1) is 19.8 Å². The summed E-state index contributed by atoms with van der Waals surface area (Å²) in [5.41, 5.74) is 6.90. The van der Waals surface area contributed by atoms with Crippen LogP contribution in [0, 0.1) is 11.8 Å². The quantitative estimate of drug-likeness (QED) is 0.461. The average molecular weight is 219 g/mol. The fourth-order valence-electron chi connectivity index (χ4n) is 1.09. The molecule has 0 aliphatic carbocycles. The highest BCUT2D eigenvalue weighted by atomic mass is 16.5. The van der Waals surface area contributed by atoms with Crippen LogP contribution in [0.3, 0.4) is 0 Å². The number of nitrogen functional groups attached to an aromatic ring is 1. The highest BCUT2D eigenvalue weighted by molar-refractivity contribution is 5.72. The Morgan fingerprint density at radius 1 is 1.44 bits per heavy atom. The first kappa shape index (κ1) is 11.9. The number of benzene rings is 1. The van der Waals surface area contributed by atoms with Crippen molar-refractivity contribution in [2.24, 2.45) is 0 Å². The number of carbonyl (C=O) groups is 1. The van der Waals surface area contributed by atoms with Crippen molar-refractivity contribution in [2.75, 3.05) is 20.0 Å². The van der Waals surface area contributed by atoms with Gasteiger partial charge in [0.2, 0.25) is 0 Å². The molecule has 1 aromatic carbocycles. The first-order valence-electron chi connectivity index (χ1n) is 4.66. The van der Waals surface area contributed by atoms with Gasteiger partial charge in [-0.05, 0) is 12.1 Å². The van der Waals surface area contributed by atoms with Crippen LogP contribution in [0.4, 0.5) is 5.69 Å². The molecule has 0 saturated heterocycles. The van der Waals surface area contributed by atoms with Crippen LogP contribution >= 0.6 is 0 Å². The average Bonchev–Trinajstić information content (AvgIpc) is 2.30. The topological polar surface area (TPSA) is 61.5 Å². The van der Waals surface area contributed by atoms with Crippen LogP contribution in [0.1, 0.15) is 12.0 Å². The molecule has 84 valence electrons. The second-order valence-corrected chi connectivity index (χ2v) is 3.01. The summed E-state index contributed by atoms with van der Waals surface area (Å²) < 4.78 is 9.58. The van der Waals surface area contributed by atoms with Gasteiger partial charge in [-0.25, -0.2) is 0 Å². The number of ether oxygens (including phenoxy) is 2. The molecule has 1 aromatic rings. The minimum Gasteiger partial charge on any atom is -0.495 e. The monoisotopic (exact) mass is 219 g/mol. The Bertz CT molecular complexity index is 443. The number of hydrogen-bond acceptors (Lipinski definition) is 4. The van der Waals surface area contributed by atoms with Crippen molar-refractivity contribution in [1.82, 2.24) is 0 Å². The maximum Gasteiger partial charge on any atom is 0.317 e. The number of rotatable bonds is 2. The van der Waals surface area contributed by atoms with Crippen molar-refractivity contribution in [3.63, 3.8) is 0 Å². The van der Waals surface area contributed by atoms with E-state index < -0.39 is 0 Å². The van der Waals surface area contributed by atoms with Crippen LogP contribution in [0.5, 0.6) is 5.75 Å². The summed E-state index contributed by atoms with van der Waals surface area (Å²) in [6.07, 6.45) is 0.0596. The van der Waals surface area contributed by atoms with E-state index in [9.17, 15) is 4.79 Å². The van der Waals surface area contributed by atoms with Crippen LogP contribution in [0.25, 0.3) is 0 Å². The molecule has 0 aromatic heterocycles. The molecule has 0 spiro atoms. The fraction of sp³-hybridized carbons (Fsp3) is 0.250. The number of nitrogens with two attached hydrogens (primary N) is 1. The molecule has 0 fully saturated rings. The van der Waals surface area contributed by atoms with Crippen LogP contribution in [-0.2, 0) is 9.53 Å². The Labute approximate surface area is 94.3 Å². The lowest BCUT2D eigenvalue weighted by atomic mass is 10.2. The van der Waals surface area contributed by atoms with E-state index in [4.69, 9.17) is 10.5 Å². The highest BCUT2D eigenvalue weighted by Crippen LogP contribution is 2.20. The molecule has 2 N–H and O–H groups in total. The predicted molar refractivity (Wildman–Crippen MR) is 60.9 cm³/mol. The molecule has 0 heterocycles. The van der Waals surface area contributed by atoms with Crippen LogP contribution in [0.15, 0.2) is 18.2 Å². The Hall–Kier alpha value is -2.15. The molecular weight excluding hydrogens is 206 g/mol. The van der Waals surface area contributed by atoms with E-state index in [-0.39, 0.29) is 12.4 Å². The summed E-state index contributed by atoms with van der Waals surface area (Å²) in [6.45, 7) is 0. The lowest BCUT2D eigenvalue weighted by molar-refractivity contribution is -0.139. The maximum absolute atomic E-state index is 10.8. The van der Waals surface area contributed by atoms with E-state index in [1.165, 1.54) is 7.11 Å². The number of methoxy groups -OCH3 is 2. The van der Waals surface area contributed by atoms with Gasteiger partial charge in [-0.15, -0.1) is 0 Å². The summed E-state index contributed by atoms with van der Waals surface area (Å²) in [5, 5.41) is 0. The van der Waals surface area contributed by atoms with Gasteiger partial charge in [0, 0.05) is 11.8 Å². The molecule has 0 amide bonds. The molecule has 0 aliphatic heterocycles. The lowest BCUT2D eigenvalue weighted by Crippen LogP contribution is -1.97. The summed E-state index contributed by atoms with van der Waals surface area (Å²) in [4.78, 5) is 10.8. The third kappa shape index (κ3) is 3.21. The molecule has 4 heteroatoms. The van der Waals surface area contributed by atoms with E-state index in [0.717, 1.165) is 0 Å². The lowest BCUT2D eigenvalue weighted by Gasteiger charge is -2.03. The standard InChI is InChI=1S/C12H13NO3/c1-15-11-8-10(13)7-6-9(11)4-3-5-12(14)16-2/h6-8H,5,13H2,1-2H3. The van der Waals surface area contributed by atoms with Crippen molar-refractivity contribution in [1.29, 1.82) is 0 Å². The van der Waals surface area contributed by atoms with Gasteiger partial charge >= 0.3 is 5.97 Å². The molecule has 1 rings (SSSR count). The molecule has 0 radical (unpaired) electrons. The molecule has 0 atom stereocenters. The van der Waals surface area contributed by atoms with Gasteiger partial charge < -0.3 is 15.2 Å². The van der Waals surface area contributed by atoms with Gasteiger partial charge in [-0.3, -0.25) is 4.79 Å². The van der Waals surface area contributed by atoms with E-state index in [1.807, 2.05) is 0 Å². The second kappa shape index (κ2) is 5.66. The van der Waals surface area contributed by atoms with Gasteiger partial charge in [-0.1, -0.05) is 11.8 Å². The Morgan fingerprint density at radius 2 is 2.19 bits per heavy atom. The maximum atomic E-state index is 10.8. The van der Waals surface area contributed by atoms with Gasteiger partial charge in [0.1, 0.15) is 12.2 Å². The third-order valence-electron chi connectivity index (χ3n) is 1.91. The normalized spacial score (nSPS) is 8.88. The SMILES string of the molecule is COC(=O)CC#Cc1ccc(N)cc1OC. The number of hydrogen-bond donors (Lipinski definition) is 1. The number of carbonyl (C=O) groups excluding carboxylic acids is 1. The first-order chi connectivity index (χ1) is 7.67. The summed E-state index contributed by atoms with van der Waals surface area (Å²) in [6, 6.07) is 5.16. The zero-order valence-electron chi connectivity index (χ0n) is 9.24. The van der Waals surface area contributed by atoms with Crippen LogP contribution in [-0.4, -0.2) is 20.2 Å². The minimum absolute atomic E-state index is 0.0596. The highest BCUT2D eigenvalue weighted by Gasteiger charge is 2.00. The Balaban J connectivity index is 2.84. The first-order valence-corrected chi connectivity index (χ1v) is 4.66. The van der Waals surface area contributed by atoms with Crippen molar-refractivity contribution in [3.05, 3.63) is 23.8 Å². The van der Waals surface area contributed by atoms with E-state index in [1.54, 1.807) is 25.3 Å². The summed E-state index contributed by atoms with van der Waals surface area (Å²) in [7, 11) is 2.87. The van der Waals surface area contributed by atoms with Crippen molar-refractivity contribution < 1.29 is 14.3 Å². The zero-order valence-corrected chi connectivity index (χ0v) is 9.24. The van der Waals surface area contributed by atoms with Gasteiger partial charge in [0.25, 0.3) is 0 Å². The Kier molecular flexibility index (Phi) is 4.22. The van der Waals surface area contributed by atoms with Gasteiger partial charge in [-0.2, -0.15) is 0 Å². The number of anilines is 1. The fourth-order valence-corrected chi connectivity index (χ4v) is 1.09. The largest absolute Gasteiger partial charge is 0.495 e. The van der Waals surface area contributed by atoms with Crippen molar-refractivity contribution in [3.8, 4) is 17.6 Å². The summed E-state index contributed by atoms with van der Waals surface area (Å²) >= 11 is 0. The molecule has 4 nitrogen and oxygen atoms in total. The molecular formula is C12H13NO3. The smallest absolute Gasteiger partial charge is 0.317 e. The van der Waals surface area contributed by atoms with Crippen LogP contribution in [0.2, 0.25) is 0 Å². The molecule has 0 saturated carbocycles. The zero-order chi connectivity index (χ0) is 12.0. The molecule has 0 unspecified atom stereocenters. The third-order valence-corrected chi connectivity index (χ3v) is 1.91. The van der Waals surface area contributed by atoms with Crippen molar-refractivity contribution in [2.45, 2.75) is 6.42 Å². The summed E-state index contributed by atoms with van der Waals surface area (Å²) in [5.74, 6) is 5.76. The molecule has 0 aliphatic rings. The van der Waals surface area contributed by atoms with Crippen molar-refractivity contribution >= 4 is 11.7 Å². The van der Waals surface area contributed by atoms with Crippen LogP contribution < -0.4 is 10.5 Å². The molecule has 0 bridgehead atoms. The van der Waals surface area contributed by atoms with E-state index >= 15 is 0 Å². The number of esters is 1. The predicted octanol–water partition coefficient (Wildman–Crippen LogP) is 1.19.